The van der Waals surface area contributed by atoms with Gasteiger partial charge in [0.1, 0.15) is 0 Å². The van der Waals surface area contributed by atoms with Crippen LogP contribution in [-0.4, -0.2) is 42.9 Å². The van der Waals surface area contributed by atoms with Gasteiger partial charge in [0.15, 0.2) is 5.96 Å². The summed E-state index contributed by atoms with van der Waals surface area (Å²) in [6.07, 6.45) is 4.33. The zero-order valence-corrected chi connectivity index (χ0v) is 15.6. The Labute approximate surface area is 151 Å². The van der Waals surface area contributed by atoms with E-state index in [0.717, 1.165) is 24.0 Å². The number of ether oxygens (including phenoxy) is 1. The fourth-order valence-electron chi connectivity index (χ4n) is 3.05. The molecule has 0 aromatic heterocycles. The summed E-state index contributed by atoms with van der Waals surface area (Å²) in [5, 5.41) is 16.9. The second kappa shape index (κ2) is 11.1. The lowest BCUT2D eigenvalue weighted by molar-refractivity contribution is 0.0331. The Bertz CT molecular complexity index is 499. The molecule has 1 saturated carbocycles. The van der Waals surface area contributed by atoms with E-state index in [1.807, 2.05) is 30.3 Å². The number of aliphatic hydroxyl groups excluding tert-OH is 1. The van der Waals surface area contributed by atoms with Crippen molar-refractivity contribution in [2.24, 2.45) is 10.9 Å². The second-order valence-corrected chi connectivity index (χ2v) is 6.98. The van der Waals surface area contributed by atoms with Crippen molar-refractivity contribution in [2.75, 3.05) is 19.7 Å². The molecule has 0 aliphatic heterocycles. The van der Waals surface area contributed by atoms with E-state index < -0.39 is 6.10 Å². The van der Waals surface area contributed by atoms with Crippen LogP contribution in [0, 0.1) is 5.92 Å². The van der Waals surface area contributed by atoms with Crippen LogP contribution in [0.25, 0.3) is 0 Å². The van der Waals surface area contributed by atoms with E-state index in [1.54, 1.807) is 0 Å². The number of aliphatic hydroxyl groups is 1. The minimum absolute atomic E-state index is 0.290. The van der Waals surface area contributed by atoms with Crippen LogP contribution in [0.4, 0.5) is 0 Å². The molecule has 0 spiro atoms. The molecule has 0 bridgehead atoms. The molecule has 1 aliphatic rings. The number of hydrogen-bond acceptors (Lipinski definition) is 3. The average molecular weight is 348 g/mol. The Morgan fingerprint density at radius 2 is 1.96 bits per heavy atom. The quantitative estimate of drug-likeness (QED) is 0.500. The first-order chi connectivity index (χ1) is 12.2. The first-order valence-corrected chi connectivity index (χ1v) is 9.52. The first kappa shape index (κ1) is 19.7. The van der Waals surface area contributed by atoms with Crippen LogP contribution in [0.2, 0.25) is 0 Å². The van der Waals surface area contributed by atoms with Crippen molar-refractivity contribution in [3.63, 3.8) is 0 Å². The van der Waals surface area contributed by atoms with Crippen LogP contribution in [0.1, 0.15) is 45.1 Å². The molecule has 5 nitrogen and oxygen atoms in total. The normalized spacial score (nSPS) is 22.4. The summed E-state index contributed by atoms with van der Waals surface area (Å²) in [7, 11) is 0. The van der Waals surface area contributed by atoms with Crippen molar-refractivity contribution < 1.29 is 9.84 Å². The summed E-state index contributed by atoms with van der Waals surface area (Å²) >= 11 is 0. The second-order valence-electron chi connectivity index (χ2n) is 6.98. The third-order valence-corrected chi connectivity index (χ3v) is 4.58. The van der Waals surface area contributed by atoms with Crippen molar-refractivity contribution in [1.29, 1.82) is 0 Å². The van der Waals surface area contributed by atoms with E-state index in [4.69, 9.17) is 4.74 Å². The third kappa shape index (κ3) is 7.88. The van der Waals surface area contributed by atoms with Gasteiger partial charge < -0.3 is 20.5 Å². The first-order valence-electron chi connectivity index (χ1n) is 9.52. The lowest BCUT2D eigenvalue weighted by atomic mass is 9.87. The molecule has 5 heteroatoms. The Morgan fingerprint density at radius 3 is 2.64 bits per heavy atom. The van der Waals surface area contributed by atoms with Gasteiger partial charge in [-0.2, -0.15) is 0 Å². The van der Waals surface area contributed by atoms with Crippen molar-refractivity contribution in [1.82, 2.24) is 10.6 Å². The Morgan fingerprint density at radius 1 is 1.24 bits per heavy atom. The predicted molar refractivity (Wildman–Crippen MR) is 103 cm³/mol. The van der Waals surface area contributed by atoms with Gasteiger partial charge >= 0.3 is 0 Å². The number of nitrogens with zero attached hydrogens (tertiary/aromatic N) is 1. The van der Waals surface area contributed by atoms with E-state index >= 15 is 0 Å². The zero-order valence-electron chi connectivity index (χ0n) is 15.6. The summed E-state index contributed by atoms with van der Waals surface area (Å²) in [5.74, 6) is 1.63. The molecule has 140 valence electrons. The molecule has 1 atom stereocenters. The molecule has 1 unspecified atom stereocenters. The maximum absolute atomic E-state index is 10.1. The van der Waals surface area contributed by atoms with Crippen LogP contribution in [-0.2, 0) is 11.3 Å². The SMILES string of the molecule is CCNC(=NCC(O)COCc1ccccc1)NC1CCC(C)CC1. The maximum atomic E-state index is 10.1. The van der Waals surface area contributed by atoms with Gasteiger partial charge in [-0.25, -0.2) is 0 Å². The van der Waals surface area contributed by atoms with Gasteiger partial charge in [0, 0.05) is 12.6 Å². The van der Waals surface area contributed by atoms with Crippen molar-refractivity contribution >= 4 is 5.96 Å². The Kier molecular flexibility index (Phi) is 8.77. The highest BCUT2D eigenvalue weighted by Gasteiger charge is 2.19. The van der Waals surface area contributed by atoms with E-state index in [9.17, 15) is 5.11 Å². The van der Waals surface area contributed by atoms with Gasteiger partial charge in [0.05, 0.1) is 25.9 Å². The molecule has 0 saturated heterocycles. The van der Waals surface area contributed by atoms with Crippen LogP contribution in [0.15, 0.2) is 35.3 Å². The fourth-order valence-corrected chi connectivity index (χ4v) is 3.05. The van der Waals surface area contributed by atoms with Crippen molar-refractivity contribution in [2.45, 2.75) is 58.3 Å². The van der Waals surface area contributed by atoms with Gasteiger partial charge in [0.25, 0.3) is 0 Å². The smallest absolute Gasteiger partial charge is 0.191 e. The van der Waals surface area contributed by atoms with Crippen LogP contribution in [0.5, 0.6) is 0 Å². The van der Waals surface area contributed by atoms with Gasteiger partial charge in [-0.05, 0) is 44.1 Å². The molecule has 1 aliphatic carbocycles. The van der Waals surface area contributed by atoms with Gasteiger partial charge in [0.2, 0.25) is 0 Å². The van der Waals surface area contributed by atoms with Crippen LogP contribution < -0.4 is 10.6 Å². The summed E-state index contributed by atoms with van der Waals surface area (Å²) in [6, 6.07) is 10.5. The van der Waals surface area contributed by atoms with E-state index in [1.165, 1.54) is 25.7 Å². The van der Waals surface area contributed by atoms with E-state index in [2.05, 4.69) is 29.5 Å². The number of aliphatic imine (C=N–C) groups is 1. The Balaban J connectivity index is 1.71. The van der Waals surface area contributed by atoms with Crippen molar-refractivity contribution in [3.8, 4) is 0 Å². The topological polar surface area (TPSA) is 65.9 Å². The number of guanidine groups is 1. The molecular formula is C20H33N3O2. The lowest BCUT2D eigenvalue weighted by Gasteiger charge is -2.28. The van der Waals surface area contributed by atoms with Crippen LogP contribution in [0.3, 0.4) is 0 Å². The lowest BCUT2D eigenvalue weighted by Crippen LogP contribution is -2.45. The fraction of sp³-hybridized carbons (Fsp3) is 0.650. The standard InChI is InChI=1S/C20H33N3O2/c1-3-21-20(23-18-11-9-16(2)10-12-18)22-13-19(24)15-25-14-17-7-5-4-6-8-17/h4-8,16,18-19,24H,3,9-15H2,1-2H3,(H2,21,22,23). The molecule has 1 aromatic carbocycles. The third-order valence-electron chi connectivity index (χ3n) is 4.58. The molecule has 1 aromatic rings. The summed E-state index contributed by atoms with van der Waals surface area (Å²) in [6.45, 7) is 6.34. The number of rotatable bonds is 8. The molecule has 1 fully saturated rings. The van der Waals surface area contributed by atoms with E-state index in [-0.39, 0.29) is 0 Å². The maximum Gasteiger partial charge on any atom is 0.191 e. The molecule has 2 rings (SSSR count). The summed E-state index contributed by atoms with van der Waals surface area (Å²) in [4.78, 5) is 4.52. The van der Waals surface area contributed by atoms with Crippen molar-refractivity contribution in [3.05, 3.63) is 35.9 Å². The molecule has 25 heavy (non-hydrogen) atoms. The largest absolute Gasteiger partial charge is 0.389 e. The number of benzene rings is 1. The van der Waals surface area contributed by atoms with Crippen LogP contribution >= 0.6 is 0 Å². The monoisotopic (exact) mass is 347 g/mol. The minimum Gasteiger partial charge on any atom is -0.389 e. The minimum atomic E-state index is -0.592. The molecular weight excluding hydrogens is 314 g/mol. The van der Waals surface area contributed by atoms with Gasteiger partial charge in [-0.3, -0.25) is 4.99 Å². The molecule has 0 radical (unpaired) electrons. The van der Waals surface area contributed by atoms with Gasteiger partial charge in [-0.15, -0.1) is 0 Å². The summed E-state index contributed by atoms with van der Waals surface area (Å²) in [5.41, 5.74) is 1.11. The molecule has 0 amide bonds. The highest BCUT2D eigenvalue weighted by atomic mass is 16.5. The molecule has 0 heterocycles. The molecule has 3 N–H and O–H groups in total. The summed E-state index contributed by atoms with van der Waals surface area (Å²) < 4.78 is 5.58. The number of hydrogen-bond donors (Lipinski definition) is 3. The Hall–Kier alpha value is -1.59. The average Bonchev–Trinajstić information content (AvgIpc) is 2.63. The van der Waals surface area contributed by atoms with E-state index in [0.29, 0.717) is 25.8 Å². The zero-order chi connectivity index (χ0) is 17.9. The highest BCUT2D eigenvalue weighted by Crippen LogP contribution is 2.23. The van der Waals surface area contributed by atoms with Gasteiger partial charge in [-0.1, -0.05) is 37.3 Å². The predicted octanol–water partition coefficient (Wildman–Crippen LogP) is 2.70. The number of nitrogens with one attached hydrogen (secondary N) is 2. The highest BCUT2D eigenvalue weighted by molar-refractivity contribution is 5.80.